The summed E-state index contributed by atoms with van der Waals surface area (Å²) in [5.41, 5.74) is 1.13. The summed E-state index contributed by atoms with van der Waals surface area (Å²) >= 11 is 0. The Labute approximate surface area is 186 Å². The van der Waals surface area contributed by atoms with Crippen molar-refractivity contribution in [3.8, 4) is 0 Å². The summed E-state index contributed by atoms with van der Waals surface area (Å²) < 4.78 is 26.4. The van der Waals surface area contributed by atoms with Gasteiger partial charge in [-0.25, -0.2) is 0 Å². The molecule has 0 aromatic carbocycles. The zero-order valence-electron chi connectivity index (χ0n) is 20.2. The fraction of sp³-hybridized carbons (Fsp3) is 0.846. The van der Waals surface area contributed by atoms with Crippen LogP contribution in [0, 0.1) is 34.5 Å². The van der Waals surface area contributed by atoms with E-state index in [9.17, 15) is 5.11 Å². The van der Waals surface area contributed by atoms with E-state index in [-0.39, 0.29) is 29.5 Å². The van der Waals surface area contributed by atoms with Gasteiger partial charge in [-0.2, -0.15) is 0 Å². The second-order valence-corrected chi connectivity index (χ2v) is 12.7. The molecule has 172 valence electrons. The first-order valence-electron chi connectivity index (χ1n) is 12.0. The summed E-state index contributed by atoms with van der Waals surface area (Å²) in [6, 6.07) is 0. The Bertz CT molecular complexity index is 899. The van der Waals surface area contributed by atoms with Crippen molar-refractivity contribution in [3.05, 3.63) is 23.3 Å². The van der Waals surface area contributed by atoms with E-state index >= 15 is 0 Å². The molecule has 5 heteroatoms. The molecule has 2 bridgehead atoms. The molecule has 2 aliphatic heterocycles. The van der Waals surface area contributed by atoms with Gasteiger partial charge in [0, 0.05) is 5.92 Å². The monoisotopic (exact) mass is 430 g/mol. The minimum Gasteiger partial charge on any atom is -0.391 e. The lowest BCUT2D eigenvalue weighted by molar-refractivity contribution is -0.313. The van der Waals surface area contributed by atoms with E-state index < -0.39 is 28.7 Å². The molecule has 6 aliphatic rings. The van der Waals surface area contributed by atoms with Gasteiger partial charge >= 0.3 is 0 Å². The molecule has 9 atom stereocenters. The van der Waals surface area contributed by atoms with Crippen molar-refractivity contribution >= 4 is 0 Å². The Morgan fingerprint density at radius 1 is 1.00 bits per heavy atom. The van der Waals surface area contributed by atoms with E-state index in [1.165, 1.54) is 0 Å². The summed E-state index contributed by atoms with van der Waals surface area (Å²) in [5, 5.41) is 12.3. The molecular weight excluding hydrogens is 392 g/mol. The molecule has 0 radical (unpaired) electrons. The molecule has 31 heavy (non-hydrogen) atoms. The number of hydrogen-bond acceptors (Lipinski definition) is 5. The van der Waals surface area contributed by atoms with Crippen molar-refractivity contribution in [3.63, 3.8) is 0 Å². The summed E-state index contributed by atoms with van der Waals surface area (Å²) in [5.74, 6) is -0.105. The normalized spacial score (nSPS) is 54.9. The van der Waals surface area contributed by atoms with Gasteiger partial charge in [-0.05, 0) is 75.4 Å². The van der Waals surface area contributed by atoms with E-state index in [2.05, 4.69) is 39.8 Å². The zero-order chi connectivity index (χ0) is 22.4. The largest absolute Gasteiger partial charge is 0.391 e. The minimum atomic E-state index is -0.804. The Balaban J connectivity index is 1.63. The average Bonchev–Trinajstić information content (AvgIpc) is 2.97. The smallest absolute Gasteiger partial charge is 0.164 e. The number of hydrogen-bond donors (Lipinski definition) is 1. The topological polar surface area (TPSA) is 57.2 Å². The molecule has 2 saturated heterocycles. The van der Waals surface area contributed by atoms with Crippen LogP contribution in [0.4, 0.5) is 0 Å². The van der Waals surface area contributed by atoms with Gasteiger partial charge < -0.3 is 24.1 Å². The van der Waals surface area contributed by atoms with Crippen molar-refractivity contribution in [1.82, 2.24) is 0 Å². The van der Waals surface area contributed by atoms with E-state index in [1.54, 1.807) is 0 Å². The first-order chi connectivity index (χ1) is 14.3. The molecule has 1 N–H and O–H groups in total. The molecule has 2 heterocycles. The van der Waals surface area contributed by atoms with E-state index in [1.807, 2.05) is 27.7 Å². The predicted octanol–water partition coefficient (Wildman–Crippen LogP) is 4.20. The van der Waals surface area contributed by atoms with Crippen molar-refractivity contribution in [2.45, 2.75) is 97.3 Å². The van der Waals surface area contributed by atoms with Crippen LogP contribution in [0.3, 0.4) is 0 Å². The van der Waals surface area contributed by atoms with Gasteiger partial charge in [0.2, 0.25) is 0 Å². The molecule has 2 spiro atoms. The summed E-state index contributed by atoms with van der Waals surface area (Å²) in [6.07, 6.45) is 4.58. The molecule has 5 nitrogen and oxygen atoms in total. The molecule has 2 saturated carbocycles. The van der Waals surface area contributed by atoms with E-state index in [0.29, 0.717) is 18.4 Å². The van der Waals surface area contributed by atoms with Gasteiger partial charge in [-0.1, -0.05) is 32.9 Å². The fourth-order valence-electron chi connectivity index (χ4n) is 8.48. The molecule has 4 fully saturated rings. The number of fused-ring (bicyclic) bond motifs is 4. The lowest BCUT2D eigenvalue weighted by Gasteiger charge is -2.55. The highest BCUT2D eigenvalue weighted by Crippen LogP contribution is 2.75. The first-order valence-corrected chi connectivity index (χ1v) is 12.0. The predicted molar refractivity (Wildman–Crippen MR) is 116 cm³/mol. The average molecular weight is 431 g/mol. The highest BCUT2D eigenvalue weighted by Gasteiger charge is 2.80. The van der Waals surface area contributed by atoms with Crippen molar-refractivity contribution in [2.75, 3.05) is 6.61 Å². The summed E-state index contributed by atoms with van der Waals surface area (Å²) in [4.78, 5) is 0. The van der Waals surface area contributed by atoms with Crippen LogP contribution in [0.1, 0.15) is 61.8 Å². The van der Waals surface area contributed by atoms with Gasteiger partial charge in [0.25, 0.3) is 0 Å². The number of aliphatic hydroxyl groups is 1. The Hall–Kier alpha value is -0.720. The highest BCUT2D eigenvalue weighted by molar-refractivity contribution is 5.45. The lowest BCUT2D eigenvalue weighted by atomic mass is 9.58. The van der Waals surface area contributed by atoms with Crippen molar-refractivity contribution in [2.24, 2.45) is 34.5 Å². The number of ether oxygens (including phenoxy) is 4. The van der Waals surface area contributed by atoms with Crippen LogP contribution in [-0.2, 0) is 18.9 Å². The van der Waals surface area contributed by atoms with Gasteiger partial charge in [-0.15, -0.1) is 0 Å². The van der Waals surface area contributed by atoms with E-state index in [0.717, 1.165) is 17.6 Å². The van der Waals surface area contributed by atoms with Gasteiger partial charge in [0.05, 0.1) is 18.1 Å². The second-order valence-electron chi connectivity index (χ2n) is 12.7. The summed E-state index contributed by atoms with van der Waals surface area (Å²) in [7, 11) is 0. The maximum atomic E-state index is 12.3. The van der Waals surface area contributed by atoms with E-state index in [4.69, 9.17) is 18.9 Å². The third kappa shape index (κ3) is 2.30. The van der Waals surface area contributed by atoms with Crippen LogP contribution in [0.2, 0.25) is 0 Å². The van der Waals surface area contributed by atoms with Gasteiger partial charge in [0.1, 0.15) is 17.8 Å². The fourth-order valence-corrected chi connectivity index (χ4v) is 8.48. The highest BCUT2D eigenvalue weighted by atomic mass is 16.8. The molecule has 1 unspecified atom stereocenters. The maximum Gasteiger partial charge on any atom is 0.164 e. The van der Waals surface area contributed by atoms with Crippen LogP contribution >= 0.6 is 0 Å². The Morgan fingerprint density at radius 3 is 2.39 bits per heavy atom. The molecule has 4 aliphatic carbocycles. The van der Waals surface area contributed by atoms with Crippen molar-refractivity contribution < 1.29 is 24.1 Å². The van der Waals surface area contributed by atoms with Crippen LogP contribution in [0.25, 0.3) is 0 Å². The quantitative estimate of drug-likeness (QED) is 0.584. The van der Waals surface area contributed by atoms with Crippen LogP contribution in [-0.4, -0.2) is 47.2 Å². The molecule has 6 rings (SSSR count). The lowest BCUT2D eigenvalue weighted by Crippen LogP contribution is -2.68. The Kier molecular flexibility index (Phi) is 3.81. The van der Waals surface area contributed by atoms with Crippen molar-refractivity contribution in [1.29, 1.82) is 0 Å². The van der Waals surface area contributed by atoms with Crippen LogP contribution in [0.15, 0.2) is 23.3 Å². The van der Waals surface area contributed by atoms with Gasteiger partial charge in [0.15, 0.2) is 11.6 Å². The first kappa shape index (κ1) is 20.9. The molecule has 0 aromatic rings. The maximum absolute atomic E-state index is 12.3. The molecule has 0 aromatic heterocycles. The second kappa shape index (κ2) is 5.67. The SMILES string of the molecule is CC1=C[C@]23C(O)[C@H](C=C4COC(C)(C)O[C@H]4[C@]24OC(C)(C)O[C@@H]14)[C@H]1[C@@H](C[C@H]3C)C1(C)C. The van der Waals surface area contributed by atoms with Crippen LogP contribution < -0.4 is 0 Å². The molecular formula is C26H38O5. The van der Waals surface area contributed by atoms with Gasteiger partial charge in [-0.3, -0.25) is 0 Å². The minimum absolute atomic E-state index is 0.0605. The molecule has 0 amide bonds. The van der Waals surface area contributed by atoms with Crippen LogP contribution in [0.5, 0.6) is 0 Å². The number of rotatable bonds is 0. The third-order valence-corrected chi connectivity index (χ3v) is 9.71. The third-order valence-electron chi connectivity index (χ3n) is 9.71. The zero-order valence-corrected chi connectivity index (χ0v) is 20.2. The summed E-state index contributed by atoms with van der Waals surface area (Å²) in [6.45, 7) is 17.6. The number of aliphatic hydroxyl groups excluding tert-OH is 1. The Morgan fingerprint density at radius 2 is 1.68 bits per heavy atom. The standard InChI is InChI=1S/C26H38O5/c1-13-11-25-14(2)9-17-18(22(17,3)4)16(19(25)27)10-15-12-28-23(5,6)30-21(15)26(25)20(13)29-24(7,8)31-26/h10-11,14,16-21,27H,9,12H2,1-8H3/t14-,16-,17-,18+,19?,20+,21-,25+,26+/m1/s1.